The number of aromatic nitrogens is 2. The number of anilines is 1. The number of ketones is 1. The number of esters is 1. The van der Waals surface area contributed by atoms with E-state index in [9.17, 15) is 14.4 Å². The van der Waals surface area contributed by atoms with Gasteiger partial charge in [0.1, 0.15) is 0 Å². The Morgan fingerprint density at radius 3 is 2.43 bits per heavy atom. The summed E-state index contributed by atoms with van der Waals surface area (Å²) in [4.78, 5) is 36.7. The maximum atomic E-state index is 12.4. The number of aryl methyl sites for hydroxylation is 4. The molecule has 7 nitrogen and oxygen atoms in total. The third kappa shape index (κ3) is 5.06. The van der Waals surface area contributed by atoms with Crippen molar-refractivity contribution < 1.29 is 19.1 Å². The molecule has 28 heavy (non-hydrogen) atoms. The van der Waals surface area contributed by atoms with Crippen LogP contribution in [-0.2, 0) is 21.4 Å². The number of nitrogens with one attached hydrogen (secondary N) is 1. The smallest absolute Gasteiger partial charge is 0.307 e. The molecule has 0 unspecified atom stereocenters. The van der Waals surface area contributed by atoms with E-state index in [2.05, 4.69) is 10.4 Å². The first-order chi connectivity index (χ1) is 13.1. The van der Waals surface area contributed by atoms with Crippen molar-refractivity contribution in [3.8, 4) is 0 Å². The lowest BCUT2D eigenvalue weighted by Gasteiger charge is -2.14. The van der Waals surface area contributed by atoms with Crippen LogP contribution in [0.3, 0.4) is 0 Å². The van der Waals surface area contributed by atoms with Gasteiger partial charge in [0.05, 0.1) is 23.5 Å². The highest BCUT2D eigenvalue weighted by molar-refractivity contribution is 5.99. The second-order valence-corrected chi connectivity index (χ2v) is 7.03. The number of carbonyl (C=O) groups excluding carboxylic acids is 3. The Morgan fingerprint density at radius 2 is 1.82 bits per heavy atom. The summed E-state index contributed by atoms with van der Waals surface area (Å²) in [7, 11) is 1.79. The molecule has 1 N–H and O–H groups in total. The van der Waals surface area contributed by atoms with Crippen LogP contribution in [0.15, 0.2) is 18.2 Å². The molecule has 0 fully saturated rings. The molecule has 1 amide bonds. The Labute approximate surface area is 165 Å². The number of hydrogen-bond donors (Lipinski definition) is 1. The molecule has 1 aromatic heterocycles. The summed E-state index contributed by atoms with van der Waals surface area (Å²) >= 11 is 0. The molecule has 2 aromatic rings. The fourth-order valence-corrected chi connectivity index (χ4v) is 2.88. The highest BCUT2D eigenvalue weighted by Gasteiger charge is 2.21. The fourth-order valence-electron chi connectivity index (χ4n) is 2.88. The molecular formula is C21H27N3O4. The summed E-state index contributed by atoms with van der Waals surface area (Å²) in [6, 6.07) is 5.64. The zero-order chi connectivity index (χ0) is 21.0. The van der Waals surface area contributed by atoms with E-state index < -0.39 is 18.0 Å². The van der Waals surface area contributed by atoms with Crippen LogP contribution in [-0.4, -0.2) is 33.5 Å². The van der Waals surface area contributed by atoms with Gasteiger partial charge in [0, 0.05) is 19.0 Å². The molecule has 0 radical (unpaired) electrons. The summed E-state index contributed by atoms with van der Waals surface area (Å²) < 4.78 is 6.85. The lowest BCUT2D eigenvalue weighted by molar-refractivity contribution is -0.153. The third-order valence-electron chi connectivity index (χ3n) is 4.68. The van der Waals surface area contributed by atoms with E-state index in [1.807, 2.05) is 39.0 Å². The molecule has 1 aromatic carbocycles. The molecule has 0 aliphatic heterocycles. The molecule has 0 spiro atoms. The molecule has 1 heterocycles. The number of Topliss-reactive ketones (excluding diaryl/α,β-unsaturated/α-hetero) is 1. The fraction of sp³-hybridized carbons (Fsp3) is 0.429. The maximum absolute atomic E-state index is 12.4. The monoisotopic (exact) mass is 385 g/mol. The number of nitrogens with zero attached hydrogens (tertiary/aromatic N) is 2. The van der Waals surface area contributed by atoms with Crippen LogP contribution in [0, 0.1) is 27.7 Å². The van der Waals surface area contributed by atoms with Gasteiger partial charge in [-0.25, -0.2) is 0 Å². The Bertz CT molecular complexity index is 915. The highest BCUT2D eigenvalue weighted by atomic mass is 16.5. The number of rotatable bonds is 7. The average Bonchev–Trinajstić information content (AvgIpc) is 2.87. The van der Waals surface area contributed by atoms with Gasteiger partial charge in [-0.05, 0) is 46.2 Å². The largest absolute Gasteiger partial charge is 0.453 e. The molecule has 150 valence electrons. The van der Waals surface area contributed by atoms with E-state index in [1.165, 1.54) is 6.92 Å². The molecular weight excluding hydrogens is 358 g/mol. The van der Waals surface area contributed by atoms with E-state index in [4.69, 9.17) is 4.74 Å². The van der Waals surface area contributed by atoms with Gasteiger partial charge in [0.25, 0.3) is 5.91 Å². The van der Waals surface area contributed by atoms with Crippen LogP contribution in [0.2, 0.25) is 0 Å². The number of amides is 1. The van der Waals surface area contributed by atoms with Gasteiger partial charge in [0.15, 0.2) is 11.9 Å². The average molecular weight is 385 g/mol. The summed E-state index contributed by atoms with van der Waals surface area (Å²) in [5.74, 6) is -1.13. The predicted molar refractivity (Wildman–Crippen MR) is 106 cm³/mol. The van der Waals surface area contributed by atoms with Crippen molar-refractivity contribution in [2.45, 2.75) is 53.6 Å². The molecule has 0 aliphatic carbocycles. The number of benzene rings is 1. The van der Waals surface area contributed by atoms with Gasteiger partial charge >= 0.3 is 5.97 Å². The SMILES string of the molecule is Cc1ccc(C)c(C(=O)CCC(=O)O[C@@H](C)C(=O)Nc2c(C)nn(C)c2C)c1. The van der Waals surface area contributed by atoms with Crippen LogP contribution < -0.4 is 5.32 Å². The number of hydrogen-bond acceptors (Lipinski definition) is 5. The Morgan fingerprint density at radius 1 is 1.14 bits per heavy atom. The van der Waals surface area contributed by atoms with Crippen molar-refractivity contribution in [1.29, 1.82) is 0 Å². The minimum Gasteiger partial charge on any atom is -0.453 e. The Balaban J connectivity index is 1.89. The molecule has 0 bridgehead atoms. The van der Waals surface area contributed by atoms with Crippen LogP contribution in [0.25, 0.3) is 0 Å². The van der Waals surface area contributed by atoms with Crippen molar-refractivity contribution in [1.82, 2.24) is 9.78 Å². The third-order valence-corrected chi connectivity index (χ3v) is 4.68. The van der Waals surface area contributed by atoms with Crippen LogP contribution in [0.5, 0.6) is 0 Å². The van der Waals surface area contributed by atoms with Crippen LogP contribution >= 0.6 is 0 Å². The van der Waals surface area contributed by atoms with Gasteiger partial charge in [-0.3, -0.25) is 19.1 Å². The predicted octanol–water partition coefficient (Wildman–Crippen LogP) is 3.19. The summed E-state index contributed by atoms with van der Waals surface area (Å²) in [5, 5.41) is 6.97. The van der Waals surface area contributed by atoms with Gasteiger partial charge in [-0.2, -0.15) is 5.10 Å². The Kier molecular flexibility index (Phi) is 6.72. The number of carbonyl (C=O) groups is 3. The Hall–Kier alpha value is -2.96. The topological polar surface area (TPSA) is 90.3 Å². The van der Waals surface area contributed by atoms with E-state index in [0.29, 0.717) is 16.9 Å². The van der Waals surface area contributed by atoms with Gasteiger partial charge < -0.3 is 10.1 Å². The molecule has 1 atom stereocenters. The van der Waals surface area contributed by atoms with E-state index in [-0.39, 0.29) is 18.6 Å². The van der Waals surface area contributed by atoms with E-state index >= 15 is 0 Å². The second-order valence-electron chi connectivity index (χ2n) is 7.03. The first kappa shape index (κ1) is 21.3. The molecule has 2 rings (SSSR count). The van der Waals surface area contributed by atoms with Gasteiger partial charge in [0.2, 0.25) is 0 Å². The van der Waals surface area contributed by atoms with Crippen LogP contribution in [0.4, 0.5) is 5.69 Å². The molecule has 0 saturated heterocycles. The van der Waals surface area contributed by atoms with E-state index in [0.717, 1.165) is 16.8 Å². The standard InChI is InChI=1S/C21H27N3O4/c1-12-7-8-13(2)17(11-12)18(25)9-10-19(26)28-16(5)21(27)22-20-14(3)23-24(6)15(20)4/h7-8,11,16H,9-10H2,1-6H3,(H,22,27)/t16-/m0/s1. The summed E-state index contributed by atoms with van der Waals surface area (Å²) in [6.45, 7) is 8.90. The summed E-state index contributed by atoms with van der Waals surface area (Å²) in [5.41, 5.74) is 4.58. The van der Waals surface area contributed by atoms with E-state index in [1.54, 1.807) is 18.7 Å². The van der Waals surface area contributed by atoms with Crippen molar-refractivity contribution in [2.75, 3.05) is 5.32 Å². The lowest BCUT2D eigenvalue weighted by Crippen LogP contribution is -2.30. The quantitative estimate of drug-likeness (QED) is 0.584. The summed E-state index contributed by atoms with van der Waals surface area (Å²) in [6.07, 6.45) is -1.00. The molecule has 0 saturated carbocycles. The van der Waals surface area contributed by atoms with Crippen molar-refractivity contribution in [2.24, 2.45) is 7.05 Å². The zero-order valence-electron chi connectivity index (χ0n) is 17.3. The zero-order valence-corrected chi connectivity index (χ0v) is 17.3. The lowest BCUT2D eigenvalue weighted by atomic mass is 9.99. The normalized spacial score (nSPS) is 11.8. The second kappa shape index (κ2) is 8.82. The van der Waals surface area contributed by atoms with Crippen molar-refractivity contribution >= 4 is 23.3 Å². The maximum Gasteiger partial charge on any atom is 0.307 e. The van der Waals surface area contributed by atoms with Crippen molar-refractivity contribution in [3.63, 3.8) is 0 Å². The molecule has 7 heteroatoms. The van der Waals surface area contributed by atoms with Gasteiger partial charge in [-0.15, -0.1) is 0 Å². The number of ether oxygens (including phenoxy) is 1. The first-order valence-electron chi connectivity index (χ1n) is 9.21. The minimum absolute atomic E-state index is 0.0400. The highest BCUT2D eigenvalue weighted by Crippen LogP contribution is 2.19. The van der Waals surface area contributed by atoms with Crippen LogP contribution in [0.1, 0.15) is 52.6 Å². The minimum atomic E-state index is -0.970. The first-order valence-corrected chi connectivity index (χ1v) is 9.21. The molecule has 0 aliphatic rings. The van der Waals surface area contributed by atoms with Crippen molar-refractivity contribution in [3.05, 3.63) is 46.3 Å². The van der Waals surface area contributed by atoms with Gasteiger partial charge in [-0.1, -0.05) is 17.7 Å².